The number of alkyl halides is 3. The van der Waals surface area contributed by atoms with Gasteiger partial charge in [-0.15, -0.1) is 0 Å². The topological polar surface area (TPSA) is 38.3 Å². The molecule has 1 heterocycles. The minimum Gasteiger partial charge on any atom is -0.466 e. The molecule has 6 heteroatoms. The van der Waals surface area contributed by atoms with Gasteiger partial charge in [0.15, 0.2) is 0 Å². The fraction of sp³-hybridized carbons (Fsp3) is 0.737. The number of esters is 1. The fourth-order valence-corrected chi connectivity index (χ4v) is 3.91. The molecular formula is C19H28F3NO2. The maximum Gasteiger partial charge on any atom is 0.416 e. The minimum absolute atomic E-state index is 0.0375. The molecule has 0 aromatic rings. The summed E-state index contributed by atoms with van der Waals surface area (Å²) >= 11 is 0. The van der Waals surface area contributed by atoms with E-state index in [2.05, 4.69) is 12.2 Å². The Bertz CT molecular complexity index is 513. The summed E-state index contributed by atoms with van der Waals surface area (Å²) in [5.74, 6) is 0.0838. The highest BCUT2D eigenvalue weighted by molar-refractivity contribution is 5.69. The summed E-state index contributed by atoms with van der Waals surface area (Å²) in [5, 5.41) is 3.60. The summed E-state index contributed by atoms with van der Waals surface area (Å²) in [7, 11) is 0. The van der Waals surface area contributed by atoms with Gasteiger partial charge in [-0.05, 0) is 44.4 Å². The van der Waals surface area contributed by atoms with E-state index >= 15 is 0 Å². The highest BCUT2D eigenvalue weighted by atomic mass is 19.4. The zero-order chi connectivity index (χ0) is 18.4. The van der Waals surface area contributed by atoms with Crippen LogP contribution in [0.4, 0.5) is 13.2 Å². The van der Waals surface area contributed by atoms with Gasteiger partial charge in [-0.1, -0.05) is 31.6 Å². The molecule has 0 saturated carbocycles. The van der Waals surface area contributed by atoms with E-state index in [0.29, 0.717) is 25.5 Å². The van der Waals surface area contributed by atoms with Gasteiger partial charge in [0.1, 0.15) is 0 Å². The van der Waals surface area contributed by atoms with Gasteiger partial charge < -0.3 is 10.1 Å². The van der Waals surface area contributed by atoms with Crippen molar-refractivity contribution in [2.24, 2.45) is 11.8 Å². The molecule has 2 rings (SSSR count). The maximum atomic E-state index is 12.8. The number of nitrogens with one attached hydrogen (secondary N) is 1. The van der Waals surface area contributed by atoms with Crippen molar-refractivity contribution in [2.45, 2.75) is 70.6 Å². The molecule has 1 saturated heterocycles. The molecule has 3 nitrogen and oxygen atoms in total. The first-order valence-corrected chi connectivity index (χ1v) is 9.20. The summed E-state index contributed by atoms with van der Waals surface area (Å²) in [5.41, 5.74) is -0.562. The number of hydrogen-bond acceptors (Lipinski definition) is 3. The van der Waals surface area contributed by atoms with Gasteiger partial charge in [0.25, 0.3) is 0 Å². The first-order chi connectivity index (χ1) is 11.8. The lowest BCUT2D eigenvalue weighted by molar-refractivity contribution is -0.144. The summed E-state index contributed by atoms with van der Waals surface area (Å²) in [6.45, 7) is 4.28. The number of ether oxygens (including phenoxy) is 1. The predicted octanol–water partition coefficient (Wildman–Crippen LogP) is 4.54. The van der Waals surface area contributed by atoms with Crippen molar-refractivity contribution in [3.63, 3.8) is 0 Å². The van der Waals surface area contributed by atoms with Gasteiger partial charge >= 0.3 is 12.1 Å². The van der Waals surface area contributed by atoms with Gasteiger partial charge in [0.2, 0.25) is 0 Å². The molecule has 1 fully saturated rings. The van der Waals surface area contributed by atoms with E-state index < -0.39 is 11.7 Å². The molecule has 1 aliphatic carbocycles. The van der Waals surface area contributed by atoms with Gasteiger partial charge in [-0.2, -0.15) is 13.2 Å². The number of rotatable bonds is 6. The molecule has 0 radical (unpaired) electrons. The Morgan fingerprint density at radius 2 is 2.08 bits per heavy atom. The van der Waals surface area contributed by atoms with Gasteiger partial charge in [0.05, 0.1) is 12.2 Å². The molecular weight excluding hydrogens is 331 g/mol. The molecule has 142 valence electrons. The number of piperidine rings is 1. The monoisotopic (exact) mass is 359 g/mol. The van der Waals surface area contributed by atoms with Crippen LogP contribution in [0.25, 0.3) is 0 Å². The Labute approximate surface area is 147 Å². The minimum atomic E-state index is -4.28. The largest absolute Gasteiger partial charge is 0.466 e. The van der Waals surface area contributed by atoms with Crippen LogP contribution in [0.3, 0.4) is 0 Å². The Balaban J connectivity index is 2.00. The summed E-state index contributed by atoms with van der Waals surface area (Å²) < 4.78 is 43.4. The van der Waals surface area contributed by atoms with E-state index in [-0.39, 0.29) is 23.8 Å². The third-order valence-electron chi connectivity index (χ3n) is 5.03. The van der Waals surface area contributed by atoms with Crippen LogP contribution in [0.1, 0.15) is 52.4 Å². The van der Waals surface area contributed by atoms with E-state index in [1.54, 1.807) is 13.0 Å². The van der Waals surface area contributed by atoms with Crippen molar-refractivity contribution in [1.29, 1.82) is 0 Å². The average Bonchev–Trinajstić information content (AvgIpc) is 2.54. The smallest absolute Gasteiger partial charge is 0.416 e. The van der Waals surface area contributed by atoms with E-state index in [1.165, 1.54) is 12.2 Å². The number of halogens is 3. The van der Waals surface area contributed by atoms with Crippen LogP contribution in [0.15, 0.2) is 23.8 Å². The molecule has 1 unspecified atom stereocenters. The van der Waals surface area contributed by atoms with Crippen LogP contribution < -0.4 is 5.32 Å². The number of carbonyl (C=O) groups is 1. The first kappa shape index (κ1) is 20.0. The van der Waals surface area contributed by atoms with E-state index in [0.717, 1.165) is 25.7 Å². The first-order valence-electron chi connectivity index (χ1n) is 9.20. The Kier molecular flexibility index (Phi) is 7.11. The van der Waals surface area contributed by atoms with E-state index in [9.17, 15) is 18.0 Å². The van der Waals surface area contributed by atoms with Gasteiger partial charge in [-0.25, -0.2) is 0 Å². The van der Waals surface area contributed by atoms with Gasteiger partial charge in [0, 0.05) is 18.5 Å². The molecule has 1 aliphatic heterocycles. The zero-order valence-electron chi connectivity index (χ0n) is 14.9. The highest BCUT2D eigenvalue weighted by Crippen LogP contribution is 2.35. The number of hydrogen-bond donors (Lipinski definition) is 1. The highest BCUT2D eigenvalue weighted by Gasteiger charge is 2.36. The van der Waals surface area contributed by atoms with Crippen LogP contribution in [-0.2, 0) is 9.53 Å². The average molecular weight is 359 g/mol. The Hall–Kier alpha value is -1.30. The predicted molar refractivity (Wildman–Crippen MR) is 91.0 cm³/mol. The van der Waals surface area contributed by atoms with Gasteiger partial charge in [-0.3, -0.25) is 4.79 Å². The molecule has 0 spiro atoms. The molecule has 4 atom stereocenters. The summed E-state index contributed by atoms with van der Waals surface area (Å²) in [4.78, 5) is 11.8. The van der Waals surface area contributed by atoms with Crippen molar-refractivity contribution >= 4 is 5.97 Å². The lowest BCUT2D eigenvalue weighted by atomic mass is 9.77. The van der Waals surface area contributed by atoms with Crippen molar-refractivity contribution in [1.82, 2.24) is 5.32 Å². The van der Waals surface area contributed by atoms with Crippen LogP contribution >= 0.6 is 0 Å². The summed E-state index contributed by atoms with van der Waals surface area (Å²) in [6.07, 6.45) is 4.42. The van der Waals surface area contributed by atoms with Crippen LogP contribution in [-0.4, -0.2) is 30.8 Å². The zero-order valence-corrected chi connectivity index (χ0v) is 14.9. The van der Waals surface area contributed by atoms with E-state index in [4.69, 9.17) is 4.74 Å². The lowest BCUT2D eigenvalue weighted by Crippen LogP contribution is -2.49. The molecule has 25 heavy (non-hydrogen) atoms. The second-order valence-corrected chi connectivity index (χ2v) is 7.02. The number of allylic oxidation sites excluding steroid dienone is 3. The number of carbonyl (C=O) groups excluding carboxylic acids is 1. The fourth-order valence-electron chi connectivity index (χ4n) is 3.91. The Morgan fingerprint density at radius 1 is 1.32 bits per heavy atom. The van der Waals surface area contributed by atoms with Crippen molar-refractivity contribution in [2.75, 3.05) is 6.61 Å². The second-order valence-electron chi connectivity index (χ2n) is 7.02. The van der Waals surface area contributed by atoms with E-state index in [1.807, 2.05) is 0 Å². The molecule has 2 aliphatic rings. The molecule has 0 aromatic heterocycles. The Morgan fingerprint density at radius 3 is 2.64 bits per heavy atom. The third kappa shape index (κ3) is 5.87. The third-order valence-corrected chi connectivity index (χ3v) is 5.03. The molecule has 0 bridgehead atoms. The van der Waals surface area contributed by atoms with Crippen molar-refractivity contribution < 1.29 is 22.7 Å². The molecule has 0 amide bonds. The second kappa shape index (κ2) is 8.88. The standard InChI is InChI=1S/C19H28F3NO2/c1-3-5-16-10-13(12-18(24)25-4-2)11-17(23-16)14-6-8-15(9-7-14)19(20,21)22/h6,8-9,13-14,16-17,23H,3-5,7,10-12H2,1-2H3/t13-,14?,16+,17-/m1/s1. The molecule has 1 N–H and O–H groups in total. The van der Waals surface area contributed by atoms with Crippen LogP contribution in [0.5, 0.6) is 0 Å². The maximum absolute atomic E-state index is 12.8. The van der Waals surface area contributed by atoms with Crippen LogP contribution in [0, 0.1) is 11.8 Å². The SMILES string of the molecule is CCC[C@H]1C[C@@H](CC(=O)OCC)C[C@H](C2C=CC(C(F)(F)F)=CC2)N1. The quantitative estimate of drug-likeness (QED) is 0.708. The van der Waals surface area contributed by atoms with Crippen molar-refractivity contribution in [3.05, 3.63) is 23.8 Å². The van der Waals surface area contributed by atoms with Crippen molar-refractivity contribution in [3.8, 4) is 0 Å². The van der Waals surface area contributed by atoms with Crippen LogP contribution in [0.2, 0.25) is 0 Å². The summed E-state index contributed by atoms with van der Waals surface area (Å²) in [6, 6.07) is 0.413. The normalized spacial score (nSPS) is 30.0. The molecule has 0 aromatic carbocycles. The lowest BCUT2D eigenvalue weighted by Gasteiger charge is -2.39.